The van der Waals surface area contributed by atoms with Gasteiger partial charge in [0.2, 0.25) is 0 Å². The van der Waals surface area contributed by atoms with E-state index >= 15 is 0 Å². The number of benzene rings is 1. The summed E-state index contributed by atoms with van der Waals surface area (Å²) in [7, 11) is 0. The first-order valence-corrected chi connectivity index (χ1v) is 9.55. The minimum absolute atomic E-state index is 0.0524. The Morgan fingerprint density at radius 1 is 0.958 bits per heavy atom. The largest absolute Gasteiger partial charge is 0.491 e. The monoisotopic (exact) mass is 336 g/mol. The van der Waals surface area contributed by atoms with Crippen LogP contribution in [0.1, 0.15) is 51.5 Å². The van der Waals surface area contributed by atoms with Gasteiger partial charge in [-0.15, -0.1) is 0 Å². The molecule has 0 fully saturated rings. The summed E-state index contributed by atoms with van der Waals surface area (Å²) in [5.41, 5.74) is 1.26. The molecule has 1 rings (SSSR count). The van der Waals surface area contributed by atoms with Crippen molar-refractivity contribution >= 4 is 0 Å². The molecule has 4 nitrogen and oxygen atoms in total. The normalized spacial score (nSPS) is 11.2. The summed E-state index contributed by atoms with van der Waals surface area (Å²) in [6.07, 6.45) is 6.37. The molecule has 2 N–H and O–H groups in total. The summed E-state index contributed by atoms with van der Waals surface area (Å²) in [6, 6.07) is 8.08. The van der Waals surface area contributed by atoms with E-state index < -0.39 is 0 Å². The molecule has 0 aliphatic carbocycles. The van der Waals surface area contributed by atoms with Crippen LogP contribution in [0.3, 0.4) is 0 Å². The third kappa shape index (κ3) is 9.91. The van der Waals surface area contributed by atoms with E-state index in [-0.39, 0.29) is 6.61 Å². The number of hydrogen-bond acceptors (Lipinski definition) is 4. The lowest BCUT2D eigenvalue weighted by molar-refractivity contribution is 0.201. The average molecular weight is 337 g/mol. The van der Waals surface area contributed by atoms with Gasteiger partial charge in [-0.3, -0.25) is 0 Å². The van der Waals surface area contributed by atoms with Crippen molar-refractivity contribution in [1.82, 2.24) is 10.2 Å². The standard InChI is InChI=1S/C20H36N2O2/c1-3-5-13-22(14-6-4-2)15-7-12-21-18-19-8-10-20(11-9-19)24-17-16-23/h8-11,21,23H,3-7,12-18H2,1-2H3. The molecule has 0 heterocycles. The van der Waals surface area contributed by atoms with E-state index in [1.54, 1.807) is 0 Å². The van der Waals surface area contributed by atoms with Gasteiger partial charge in [-0.1, -0.05) is 38.8 Å². The highest BCUT2D eigenvalue weighted by Crippen LogP contribution is 2.11. The van der Waals surface area contributed by atoms with Crippen molar-refractivity contribution < 1.29 is 9.84 Å². The second kappa shape index (κ2) is 14.3. The molecule has 0 atom stereocenters. The molecule has 0 spiro atoms. The van der Waals surface area contributed by atoms with Crippen LogP contribution >= 0.6 is 0 Å². The van der Waals surface area contributed by atoms with Gasteiger partial charge in [-0.05, 0) is 63.1 Å². The molecule has 24 heavy (non-hydrogen) atoms. The van der Waals surface area contributed by atoms with Gasteiger partial charge in [0, 0.05) is 6.54 Å². The number of unbranched alkanes of at least 4 members (excludes halogenated alkanes) is 2. The summed E-state index contributed by atoms with van der Waals surface area (Å²) < 4.78 is 5.37. The zero-order chi connectivity index (χ0) is 17.5. The van der Waals surface area contributed by atoms with Crippen molar-refractivity contribution in [2.75, 3.05) is 39.4 Å². The van der Waals surface area contributed by atoms with E-state index in [1.165, 1.54) is 57.3 Å². The Labute approximate surface area is 148 Å². The molecular formula is C20H36N2O2. The summed E-state index contributed by atoms with van der Waals surface area (Å²) in [4.78, 5) is 2.61. The zero-order valence-corrected chi connectivity index (χ0v) is 15.6. The molecule has 1 aromatic carbocycles. The third-order valence-corrected chi connectivity index (χ3v) is 4.10. The van der Waals surface area contributed by atoms with Crippen molar-refractivity contribution in [3.05, 3.63) is 29.8 Å². The van der Waals surface area contributed by atoms with Crippen LogP contribution in [-0.4, -0.2) is 49.4 Å². The first kappa shape index (κ1) is 20.9. The van der Waals surface area contributed by atoms with Gasteiger partial charge < -0.3 is 20.1 Å². The molecular weight excluding hydrogens is 300 g/mol. The molecule has 0 unspecified atom stereocenters. The molecule has 4 heteroatoms. The molecule has 0 bridgehead atoms. The smallest absolute Gasteiger partial charge is 0.119 e. The Morgan fingerprint density at radius 2 is 1.58 bits per heavy atom. The Balaban J connectivity index is 2.17. The fourth-order valence-corrected chi connectivity index (χ4v) is 2.63. The predicted octanol–water partition coefficient (Wildman–Crippen LogP) is 3.44. The van der Waals surface area contributed by atoms with Gasteiger partial charge in [0.25, 0.3) is 0 Å². The molecule has 0 aliphatic heterocycles. The highest BCUT2D eigenvalue weighted by atomic mass is 16.5. The lowest BCUT2D eigenvalue weighted by Gasteiger charge is -2.22. The molecule has 0 saturated heterocycles. The van der Waals surface area contributed by atoms with E-state index in [0.717, 1.165) is 18.8 Å². The van der Waals surface area contributed by atoms with E-state index in [4.69, 9.17) is 9.84 Å². The number of nitrogens with one attached hydrogen (secondary N) is 1. The first-order chi connectivity index (χ1) is 11.8. The lowest BCUT2D eigenvalue weighted by atomic mass is 10.2. The molecule has 138 valence electrons. The Kier molecular flexibility index (Phi) is 12.4. The number of aliphatic hydroxyl groups excluding tert-OH is 1. The SMILES string of the molecule is CCCCN(CCCC)CCCNCc1ccc(OCCO)cc1. The van der Waals surface area contributed by atoms with E-state index in [1.807, 2.05) is 12.1 Å². The summed E-state index contributed by atoms with van der Waals surface area (Å²) in [5, 5.41) is 12.3. The molecule has 1 aromatic rings. The Hall–Kier alpha value is -1.10. The molecule has 0 aliphatic rings. The Bertz CT molecular complexity index is 387. The van der Waals surface area contributed by atoms with E-state index in [2.05, 4.69) is 36.2 Å². The van der Waals surface area contributed by atoms with Crippen molar-refractivity contribution in [2.24, 2.45) is 0 Å². The maximum absolute atomic E-state index is 8.74. The number of hydrogen-bond donors (Lipinski definition) is 2. The van der Waals surface area contributed by atoms with E-state index in [9.17, 15) is 0 Å². The first-order valence-electron chi connectivity index (χ1n) is 9.55. The van der Waals surface area contributed by atoms with Crippen molar-refractivity contribution in [3.63, 3.8) is 0 Å². The Morgan fingerprint density at radius 3 is 2.17 bits per heavy atom. The van der Waals surface area contributed by atoms with Crippen LogP contribution in [-0.2, 0) is 6.54 Å². The van der Waals surface area contributed by atoms with Crippen LogP contribution in [0.25, 0.3) is 0 Å². The van der Waals surface area contributed by atoms with Crippen LogP contribution in [0, 0.1) is 0 Å². The van der Waals surface area contributed by atoms with Gasteiger partial charge >= 0.3 is 0 Å². The molecule has 0 saturated carbocycles. The van der Waals surface area contributed by atoms with Gasteiger partial charge in [0.1, 0.15) is 12.4 Å². The second-order valence-corrected chi connectivity index (χ2v) is 6.30. The summed E-state index contributed by atoms with van der Waals surface area (Å²) in [6.45, 7) is 10.6. The van der Waals surface area contributed by atoms with Gasteiger partial charge in [-0.25, -0.2) is 0 Å². The molecule has 0 amide bonds. The molecule has 0 radical (unpaired) electrons. The van der Waals surface area contributed by atoms with Crippen molar-refractivity contribution in [3.8, 4) is 5.75 Å². The summed E-state index contributed by atoms with van der Waals surface area (Å²) in [5.74, 6) is 0.815. The number of rotatable bonds is 15. The second-order valence-electron chi connectivity index (χ2n) is 6.30. The van der Waals surface area contributed by atoms with Crippen molar-refractivity contribution in [2.45, 2.75) is 52.5 Å². The van der Waals surface area contributed by atoms with Gasteiger partial charge in [0.05, 0.1) is 6.61 Å². The minimum atomic E-state index is 0.0524. The van der Waals surface area contributed by atoms with Crippen LogP contribution in [0.15, 0.2) is 24.3 Å². The predicted molar refractivity (Wildman–Crippen MR) is 102 cm³/mol. The fraction of sp³-hybridized carbons (Fsp3) is 0.700. The maximum Gasteiger partial charge on any atom is 0.119 e. The summed E-state index contributed by atoms with van der Waals surface area (Å²) >= 11 is 0. The average Bonchev–Trinajstić information content (AvgIpc) is 2.62. The quantitative estimate of drug-likeness (QED) is 0.482. The third-order valence-electron chi connectivity index (χ3n) is 4.10. The lowest BCUT2D eigenvalue weighted by Crippen LogP contribution is -2.29. The topological polar surface area (TPSA) is 44.7 Å². The fourth-order valence-electron chi connectivity index (χ4n) is 2.63. The van der Waals surface area contributed by atoms with Crippen LogP contribution in [0.4, 0.5) is 0 Å². The van der Waals surface area contributed by atoms with E-state index in [0.29, 0.717) is 6.61 Å². The van der Waals surface area contributed by atoms with Crippen molar-refractivity contribution in [1.29, 1.82) is 0 Å². The number of nitrogens with zero attached hydrogens (tertiary/aromatic N) is 1. The number of ether oxygens (including phenoxy) is 1. The number of aliphatic hydroxyl groups is 1. The zero-order valence-electron chi connectivity index (χ0n) is 15.6. The molecule has 0 aromatic heterocycles. The van der Waals surface area contributed by atoms with Crippen LogP contribution in [0.2, 0.25) is 0 Å². The highest BCUT2D eigenvalue weighted by Gasteiger charge is 2.03. The van der Waals surface area contributed by atoms with Crippen LogP contribution < -0.4 is 10.1 Å². The highest BCUT2D eigenvalue weighted by molar-refractivity contribution is 5.27. The maximum atomic E-state index is 8.74. The van der Waals surface area contributed by atoms with Crippen LogP contribution in [0.5, 0.6) is 5.75 Å². The minimum Gasteiger partial charge on any atom is -0.491 e. The van der Waals surface area contributed by atoms with Gasteiger partial charge in [-0.2, -0.15) is 0 Å². The van der Waals surface area contributed by atoms with Gasteiger partial charge in [0.15, 0.2) is 0 Å².